The van der Waals surface area contributed by atoms with E-state index in [0.29, 0.717) is 16.8 Å². The van der Waals surface area contributed by atoms with Crippen LogP contribution in [-0.2, 0) is 10.0 Å². The van der Waals surface area contributed by atoms with Crippen LogP contribution in [0.1, 0.15) is 33.2 Å². The molecule has 0 radical (unpaired) electrons. The maximum absolute atomic E-state index is 13.1. The average molecular weight is 559 g/mol. The second kappa shape index (κ2) is 10.3. The predicted molar refractivity (Wildman–Crippen MR) is 141 cm³/mol. The van der Waals surface area contributed by atoms with E-state index in [2.05, 4.69) is 10.3 Å². The molecule has 0 saturated heterocycles. The Morgan fingerprint density at radius 2 is 1.81 bits per heavy atom. The Balaban J connectivity index is 1.63. The van der Waals surface area contributed by atoms with E-state index in [1.165, 1.54) is 47.8 Å². The summed E-state index contributed by atoms with van der Waals surface area (Å²) in [6.07, 6.45) is 0. The van der Waals surface area contributed by atoms with Gasteiger partial charge in [-0.3, -0.25) is 25.0 Å². The van der Waals surface area contributed by atoms with Crippen molar-refractivity contribution in [2.75, 3.05) is 18.9 Å². The number of thiazole rings is 1. The lowest BCUT2D eigenvalue weighted by molar-refractivity contribution is -0.384. The largest absolute Gasteiger partial charge is 0.298 e. The number of anilines is 1. The number of rotatable bonds is 8. The summed E-state index contributed by atoms with van der Waals surface area (Å²) in [4.78, 5) is 41.2. The molecule has 0 atom stereocenters. The lowest BCUT2D eigenvalue weighted by Crippen LogP contribution is -2.26. The third-order valence-electron chi connectivity index (χ3n) is 5.56. The van der Waals surface area contributed by atoms with Crippen molar-refractivity contribution in [3.63, 3.8) is 0 Å². The van der Waals surface area contributed by atoms with Crippen molar-refractivity contribution in [1.29, 1.82) is 0 Å². The molecule has 4 aromatic rings. The van der Waals surface area contributed by atoms with Crippen LogP contribution >= 0.6 is 22.9 Å². The molecule has 37 heavy (non-hydrogen) atoms. The number of nitro groups is 1. The number of hydrogen-bond donors (Lipinski definition) is 1. The van der Waals surface area contributed by atoms with E-state index < -0.39 is 32.3 Å². The molecule has 1 aromatic heterocycles. The van der Waals surface area contributed by atoms with Crippen molar-refractivity contribution in [3.05, 3.63) is 92.5 Å². The van der Waals surface area contributed by atoms with Crippen molar-refractivity contribution in [2.24, 2.45) is 0 Å². The fourth-order valence-corrected chi connectivity index (χ4v) is 5.83. The van der Waals surface area contributed by atoms with Crippen LogP contribution in [0.5, 0.6) is 0 Å². The van der Waals surface area contributed by atoms with Crippen molar-refractivity contribution in [1.82, 2.24) is 9.29 Å². The zero-order valence-corrected chi connectivity index (χ0v) is 21.9. The summed E-state index contributed by atoms with van der Waals surface area (Å²) in [5.74, 6) is -1.21. The normalized spacial score (nSPS) is 11.6. The Kier molecular flexibility index (Phi) is 7.37. The molecule has 0 fully saturated rings. The molecular formula is C24H19ClN4O6S2. The number of nitrogens with one attached hydrogen (secondary N) is 1. The van der Waals surface area contributed by atoms with Crippen molar-refractivity contribution >= 4 is 65.7 Å². The Hall–Kier alpha value is -3.71. The second-order valence-corrected chi connectivity index (χ2v) is 11.3. The first-order valence-corrected chi connectivity index (χ1v) is 13.4. The monoisotopic (exact) mass is 558 g/mol. The van der Waals surface area contributed by atoms with Crippen LogP contribution < -0.4 is 5.32 Å². The Morgan fingerprint density at radius 1 is 1.11 bits per heavy atom. The summed E-state index contributed by atoms with van der Waals surface area (Å²) in [5, 5.41) is 14.0. The van der Waals surface area contributed by atoms with Crippen LogP contribution in [-0.4, -0.2) is 47.9 Å². The van der Waals surface area contributed by atoms with E-state index in [1.54, 1.807) is 25.1 Å². The highest BCUT2D eigenvalue weighted by atomic mass is 35.5. The second-order valence-electron chi connectivity index (χ2n) is 7.82. The number of nitro benzene ring substituents is 1. The maximum Gasteiger partial charge on any atom is 0.288 e. The minimum Gasteiger partial charge on any atom is -0.298 e. The van der Waals surface area contributed by atoms with Gasteiger partial charge in [-0.2, -0.15) is 0 Å². The molecule has 0 bridgehead atoms. The van der Waals surface area contributed by atoms with E-state index in [9.17, 15) is 28.1 Å². The van der Waals surface area contributed by atoms with Crippen molar-refractivity contribution in [2.45, 2.75) is 11.8 Å². The molecule has 0 aliphatic rings. The number of sulfonamides is 1. The summed E-state index contributed by atoms with van der Waals surface area (Å²) in [6, 6.07) is 14.2. The topological polar surface area (TPSA) is 140 Å². The van der Waals surface area contributed by atoms with Gasteiger partial charge in [0.2, 0.25) is 10.0 Å². The molecule has 0 aliphatic heterocycles. The van der Waals surface area contributed by atoms with E-state index in [1.807, 2.05) is 0 Å². The average Bonchev–Trinajstić information content (AvgIpc) is 3.29. The number of nitrogens with zero attached hydrogens (tertiary/aromatic N) is 3. The van der Waals surface area contributed by atoms with E-state index in [0.717, 1.165) is 17.4 Å². The summed E-state index contributed by atoms with van der Waals surface area (Å²) in [7, 11) is -2.17. The SMILES string of the molecule is CCN(C)S(=O)(=O)c1ccc2nc(NC(=O)c3ccccc3C(=O)c3ccc(Cl)c([N+](=O)[O-])c3)sc2c1. The number of halogens is 1. The summed E-state index contributed by atoms with van der Waals surface area (Å²) in [6.45, 7) is 2.04. The number of ketones is 1. The minimum absolute atomic E-state index is 0.00197. The smallest absolute Gasteiger partial charge is 0.288 e. The van der Waals surface area contributed by atoms with E-state index in [4.69, 9.17) is 11.6 Å². The van der Waals surface area contributed by atoms with Crippen LogP contribution in [0, 0.1) is 10.1 Å². The zero-order valence-electron chi connectivity index (χ0n) is 19.5. The molecular weight excluding hydrogens is 540 g/mol. The number of amides is 1. The molecule has 13 heteroatoms. The van der Waals surface area contributed by atoms with Crippen LogP contribution in [0.3, 0.4) is 0 Å². The van der Waals surface area contributed by atoms with Gasteiger partial charge >= 0.3 is 0 Å². The van der Waals surface area contributed by atoms with Gasteiger partial charge < -0.3 is 0 Å². The molecule has 1 heterocycles. The van der Waals surface area contributed by atoms with E-state index >= 15 is 0 Å². The molecule has 0 spiro atoms. The van der Waals surface area contributed by atoms with Gasteiger partial charge in [-0.1, -0.05) is 48.1 Å². The van der Waals surface area contributed by atoms with Gasteiger partial charge in [-0.05, 0) is 36.4 Å². The fourth-order valence-electron chi connectivity index (χ4n) is 3.46. The Morgan fingerprint density at radius 3 is 2.49 bits per heavy atom. The molecule has 1 N–H and O–H groups in total. The first-order chi connectivity index (χ1) is 17.5. The first-order valence-electron chi connectivity index (χ1n) is 10.8. The van der Waals surface area contributed by atoms with E-state index in [-0.39, 0.29) is 31.7 Å². The molecule has 190 valence electrons. The van der Waals surface area contributed by atoms with Gasteiger partial charge in [-0.25, -0.2) is 17.7 Å². The molecule has 1 amide bonds. The van der Waals surface area contributed by atoms with Crippen LogP contribution in [0.15, 0.2) is 65.6 Å². The molecule has 3 aromatic carbocycles. The quantitative estimate of drug-likeness (QED) is 0.183. The minimum atomic E-state index is -3.65. The Bertz CT molecular complexity index is 1670. The number of carbonyl (C=O) groups is 2. The van der Waals surface area contributed by atoms with Gasteiger partial charge in [0.05, 0.1) is 25.6 Å². The lowest BCUT2D eigenvalue weighted by atomic mass is 9.97. The van der Waals surface area contributed by atoms with Gasteiger partial charge in [-0.15, -0.1) is 0 Å². The number of carbonyl (C=O) groups excluding carboxylic acids is 2. The highest BCUT2D eigenvalue weighted by Crippen LogP contribution is 2.30. The summed E-state index contributed by atoms with van der Waals surface area (Å²) < 4.78 is 27.0. The molecule has 0 saturated carbocycles. The third-order valence-corrected chi connectivity index (χ3v) is 8.74. The number of aromatic nitrogens is 1. The first kappa shape index (κ1) is 26.4. The predicted octanol–water partition coefficient (Wildman–Crippen LogP) is 4.98. The molecule has 0 unspecified atom stereocenters. The zero-order chi connectivity index (χ0) is 26.9. The Labute approximate surface area is 220 Å². The summed E-state index contributed by atoms with van der Waals surface area (Å²) in [5.41, 5.74) is 0.153. The van der Waals surface area contributed by atoms with Gasteiger partial charge in [0.25, 0.3) is 11.6 Å². The number of fused-ring (bicyclic) bond motifs is 1. The van der Waals surface area contributed by atoms with Crippen LogP contribution in [0.4, 0.5) is 10.8 Å². The molecule has 4 rings (SSSR count). The molecule has 0 aliphatic carbocycles. The summed E-state index contributed by atoms with van der Waals surface area (Å²) >= 11 is 6.93. The fraction of sp³-hybridized carbons (Fsp3) is 0.125. The van der Waals surface area contributed by atoms with Crippen molar-refractivity contribution < 1.29 is 22.9 Å². The highest BCUT2D eigenvalue weighted by Gasteiger charge is 2.23. The highest BCUT2D eigenvalue weighted by molar-refractivity contribution is 7.89. The number of benzene rings is 3. The standard InChI is InChI=1S/C24H19ClN4O6S2/c1-3-28(2)37(34,35)15-9-11-19-21(13-15)36-24(26-19)27-23(31)17-7-5-4-6-16(17)22(30)14-8-10-18(25)20(12-14)29(32)33/h4-13H,3H2,1-2H3,(H,26,27,31). The maximum atomic E-state index is 13.1. The third kappa shape index (κ3) is 5.23. The number of hydrogen-bond acceptors (Lipinski definition) is 8. The molecule has 10 nitrogen and oxygen atoms in total. The van der Waals surface area contributed by atoms with Gasteiger partial charge in [0, 0.05) is 30.8 Å². The van der Waals surface area contributed by atoms with Crippen LogP contribution in [0.25, 0.3) is 10.2 Å². The van der Waals surface area contributed by atoms with Gasteiger partial charge in [0.1, 0.15) is 5.02 Å². The van der Waals surface area contributed by atoms with Crippen molar-refractivity contribution in [3.8, 4) is 0 Å². The van der Waals surface area contributed by atoms with Crippen LogP contribution in [0.2, 0.25) is 5.02 Å². The van der Waals surface area contributed by atoms with Gasteiger partial charge in [0.15, 0.2) is 10.9 Å². The lowest BCUT2D eigenvalue weighted by Gasteiger charge is -2.14.